The first-order valence-corrected chi connectivity index (χ1v) is 4.80. The molecule has 1 fully saturated rings. The molecule has 0 heterocycles. The Bertz CT molecular complexity index is 321. The van der Waals surface area contributed by atoms with Crippen LogP contribution in [0.25, 0.3) is 0 Å². The van der Waals surface area contributed by atoms with E-state index < -0.39 is 0 Å². The molecule has 0 N–H and O–H groups in total. The van der Waals surface area contributed by atoms with Crippen LogP contribution in [0.1, 0.15) is 19.3 Å². The molecule has 2 rings (SSSR count). The molecule has 1 aromatic rings. The fourth-order valence-electron chi connectivity index (χ4n) is 1.40. The van der Waals surface area contributed by atoms with Gasteiger partial charge in [-0.15, -0.1) is 0 Å². The van der Waals surface area contributed by atoms with Crippen LogP contribution in [0.5, 0.6) is 11.5 Å². The Balaban J connectivity index is 2.07. The summed E-state index contributed by atoms with van der Waals surface area (Å²) in [5.74, 6) is 0.475. The van der Waals surface area contributed by atoms with Crippen molar-refractivity contribution in [3.8, 4) is 11.5 Å². The SMILES string of the molecule is COc1ccc(OC2CCC2)cc1F. The average molecular weight is 196 g/mol. The Morgan fingerprint density at radius 3 is 2.64 bits per heavy atom. The molecule has 2 nitrogen and oxygen atoms in total. The fraction of sp³-hybridized carbons (Fsp3) is 0.455. The van der Waals surface area contributed by atoms with Crippen molar-refractivity contribution >= 4 is 0 Å². The Labute approximate surface area is 82.6 Å². The minimum Gasteiger partial charge on any atom is -0.494 e. The highest BCUT2D eigenvalue weighted by Crippen LogP contribution is 2.27. The van der Waals surface area contributed by atoms with Gasteiger partial charge in [-0.25, -0.2) is 4.39 Å². The molecule has 76 valence electrons. The Kier molecular flexibility index (Phi) is 2.57. The quantitative estimate of drug-likeness (QED) is 0.740. The summed E-state index contributed by atoms with van der Waals surface area (Å²) in [6, 6.07) is 4.70. The highest BCUT2D eigenvalue weighted by Gasteiger charge is 2.19. The van der Waals surface area contributed by atoms with Crippen LogP contribution in [-0.4, -0.2) is 13.2 Å². The number of hydrogen-bond donors (Lipinski definition) is 0. The van der Waals surface area contributed by atoms with Crippen LogP contribution >= 0.6 is 0 Å². The summed E-state index contributed by atoms with van der Waals surface area (Å²) in [5.41, 5.74) is 0. The van der Waals surface area contributed by atoms with Crippen LogP contribution in [0.15, 0.2) is 18.2 Å². The molecule has 0 radical (unpaired) electrons. The predicted molar refractivity (Wildman–Crippen MR) is 51.2 cm³/mol. The summed E-state index contributed by atoms with van der Waals surface area (Å²) < 4.78 is 23.6. The van der Waals surface area contributed by atoms with Crippen molar-refractivity contribution in [1.82, 2.24) is 0 Å². The van der Waals surface area contributed by atoms with Crippen LogP contribution in [-0.2, 0) is 0 Å². The largest absolute Gasteiger partial charge is 0.494 e. The van der Waals surface area contributed by atoms with E-state index in [1.54, 1.807) is 12.1 Å². The Morgan fingerprint density at radius 2 is 2.14 bits per heavy atom. The summed E-state index contributed by atoms with van der Waals surface area (Å²) in [6.45, 7) is 0. The molecule has 3 heteroatoms. The number of hydrogen-bond acceptors (Lipinski definition) is 2. The van der Waals surface area contributed by atoms with E-state index in [1.165, 1.54) is 19.6 Å². The molecular weight excluding hydrogens is 183 g/mol. The minimum atomic E-state index is -0.371. The molecule has 0 saturated heterocycles. The Morgan fingerprint density at radius 1 is 1.36 bits per heavy atom. The van der Waals surface area contributed by atoms with E-state index in [0.29, 0.717) is 5.75 Å². The first-order valence-electron chi connectivity index (χ1n) is 4.80. The highest BCUT2D eigenvalue weighted by molar-refractivity contribution is 5.33. The number of benzene rings is 1. The normalized spacial score (nSPS) is 16.1. The lowest BCUT2D eigenvalue weighted by Gasteiger charge is -2.26. The summed E-state index contributed by atoms with van der Waals surface area (Å²) in [4.78, 5) is 0. The van der Waals surface area contributed by atoms with Crippen LogP contribution in [0.3, 0.4) is 0 Å². The van der Waals surface area contributed by atoms with Crippen LogP contribution in [0, 0.1) is 5.82 Å². The van der Waals surface area contributed by atoms with E-state index >= 15 is 0 Å². The molecule has 0 unspecified atom stereocenters. The molecule has 0 bridgehead atoms. The molecule has 0 spiro atoms. The smallest absolute Gasteiger partial charge is 0.168 e. The van der Waals surface area contributed by atoms with E-state index in [2.05, 4.69) is 0 Å². The maximum atomic E-state index is 13.2. The van der Waals surface area contributed by atoms with E-state index in [4.69, 9.17) is 9.47 Å². The van der Waals surface area contributed by atoms with Crippen molar-refractivity contribution in [1.29, 1.82) is 0 Å². The molecule has 1 aliphatic rings. The van der Waals surface area contributed by atoms with Gasteiger partial charge in [0.05, 0.1) is 13.2 Å². The molecule has 0 aromatic heterocycles. The summed E-state index contributed by atoms with van der Waals surface area (Å²) in [7, 11) is 1.45. The summed E-state index contributed by atoms with van der Waals surface area (Å²) in [6.07, 6.45) is 3.65. The zero-order chi connectivity index (χ0) is 9.97. The van der Waals surface area contributed by atoms with E-state index in [9.17, 15) is 4.39 Å². The maximum absolute atomic E-state index is 13.2. The third kappa shape index (κ3) is 1.81. The fourth-order valence-corrected chi connectivity index (χ4v) is 1.40. The first kappa shape index (κ1) is 9.31. The van der Waals surface area contributed by atoms with Crippen molar-refractivity contribution in [2.75, 3.05) is 7.11 Å². The van der Waals surface area contributed by atoms with Crippen molar-refractivity contribution in [3.05, 3.63) is 24.0 Å². The maximum Gasteiger partial charge on any atom is 0.168 e. The van der Waals surface area contributed by atoms with E-state index in [-0.39, 0.29) is 17.7 Å². The molecule has 1 saturated carbocycles. The van der Waals surface area contributed by atoms with Gasteiger partial charge >= 0.3 is 0 Å². The predicted octanol–water partition coefficient (Wildman–Crippen LogP) is 2.77. The lowest BCUT2D eigenvalue weighted by atomic mass is 9.96. The third-order valence-electron chi connectivity index (χ3n) is 2.48. The van der Waals surface area contributed by atoms with Gasteiger partial charge in [0, 0.05) is 6.07 Å². The van der Waals surface area contributed by atoms with Crippen molar-refractivity contribution in [2.24, 2.45) is 0 Å². The molecule has 14 heavy (non-hydrogen) atoms. The van der Waals surface area contributed by atoms with Gasteiger partial charge < -0.3 is 9.47 Å². The van der Waals surface area contributed by atoms with Gasteiger partial charge in [-0.2, -0.15) is 0 Å². The lowest BCUT2D eigenvalue weighted by molar-refractivity contribution is 0.119. The van der Waals surface area contributed by atoms with Crippen LogP contribution in [0.4, 0.5) is 4.39 Å². The van der Waals surface area contributed by atoms with Gasteiger partial charge in [-0.3, -0.25) is 0 Å². The van der Waals surface area contributed by atoms with Gasteiger partial charge in [0.2, 0.25) is 0 Å². The molecule has 0 amide bonds. The second-order valence-corrected chi connectivity index (χ2v) is 3.47. The highest BCUT2D eigenvalue weighted by atomic mass is 19.1. The first-order chi connectivity index (χ1) is 6.79. The van der Waals surface area contributed by atoms with Crippen molar-refractivity contribution in [2.45, 2.75) is 25.4 Å². The summed E-state index contributed by atoms with van der Waals surface area (Å²) >= 11 is 0. The van der Waals surface area contributed by atoms with Gasteiger partial charge in [0.25, 0.3) is 0 Å². The molecule has 1 aliphatic carbocycles. The second kappa shape index (κ2) is 3.86. The Hall–Kier alpha value is -1.25. The van der Waals surface area contributed by atoms with Gasteiger partial charge in [0.15, 0.2) is 11.6 Å². The number of rotatable bonds is 3. The zero-order valence-electron chi connectivity index (χ0n) is 8.13. The van der Waals surface area contributed by atoms with Gasteiger partial charge in [-0.05, 0) is 31.4 Å². The van der Waals surface area contributed by atoms with Crippen molar-refractivity contribution < 1.29 is 13.9 Å². The van der Waals surface area contributed by atoms with Crippen LogP contribution < -0.4 is 9.47 Å². The second-order valence-electron chi connectivity index (χ2n) is 3.47. The van der Waals surface area contributed by atoms with Crippen LogP contribution in [0.2, 0.25) is 0 Å². The molecule has 1 aromatic carbocycles. The zero-order valence-corrected chi connectivity index (χ0v) is 8.13. The number of halogens is 1. The number of methoxy groups -OCH3 is 1. The van der Waals surface area contributed by atoms with Crippen molar-refractivity contribution in [3.63, 3.8) is 0 Å². The number of ether oxygens (including phenoxy) is 2. The minimum absolute atomic E-state index is 0.256. The topological polar surface area (TPSA) is 18.5 Å². The van der Waals surface area contributed by atoms with E-state index in [0.717, 1.165) is 12.8 Å². The summed E-state index contributed by atoms with van der Waals surface area (Å²) in [5, 5.41) is 0. The third-order valence-corrected chi connectivity index (χ3v) is 2.48. The van der Waals surface area contributed by atoms with Gasteiger partial charge in [0.1, 0.15) is 5.75 Å². The molecular formula is C11H13FO2. The average Bonchev–Trinajstić information content (AvgIpc) is 2.12. The lowest BCUT2D eigenvalue weighted by Crippen LogP contribution is -2.24. The standard InChI is InChI=1S/C11H13FO2/c1-13-11-6-5-9(7-10(11)12)14-8-3-2-4-8/h5-8H,2-4H2,1H3. The van der Waals surface area contributed by atoms with E-state index in [1.807, 2.05) is 0 Å². The monoisotopic (exact) mass is 196 g/mol. The molecule has 0 atom stereocenters. The molecule has 0 aliphatic heterocycles. The van der Waals surface area contributed by atoms with Gasteiger partial charge in [-0.1, -0.05) is 0 Å².